The van der Waals surface area contributed by atoms with Crippen LogP contribution < -0.4 is 0 Å². The Morgan fingerprint density at radius 2 is 1.96 bits per heavy atom. The van der Waals surface area contributed by atoms with Gasteiger partial charge in [0, 0.05) is 42.5 Å². The predicted molar refractivity (Wildman–Crippen MR) is 97.2 cm³/mol. The maximum atomic E-state index is 12.6. The molecule has 3 rings (SSSR count). The maximum absolute atomic E-state index is 12.6. The summed E-state index contributed by atoms with van der Waals surface area (Å²) in [5.74, 6) is -0.199. The molecule has 0 aliphatic carbocycles. The van der Waals surface area contributed by atoms with E-state index >= 15 is 0 Å². The Hall–Kier alpha value is -3.48. The van der Waals surface area contributed by atoms with Crippen molar-refractivity contribution in [2.75, 3.05) is 7.05 Å². The van der Waals surface area contributed by atoms with Gasteiger partial charge in [-0.05, 0) is 31.2 Å². The molecule has 0 aliphatic heterocycles. The minimum atomic E-state index is -0.453. The van der Waals surface area contributed by atoms with Gasteiger partial charge < -0.3 is 4.90 Å². The second-order valence-electron chi connectivity index (χ2n) is 6.05. The second-order valence-corrected chi connectivity index (χ2v) is 6.05. The molecule has 2 aromatic carbocycles. The van der Waals surface area contributed by atoms with Crippen LogP contribution in [0.2, 0.25) is 0 Å². The van der Waals surface area contributed by atoms with Crippen LogP contribution in [-0.2, 0) is 6.54 Å². The number of nitro benzene ring substituents is 1. The molecule has 132 valence electrons. The average Bonchev–Trinajstić information content (AvgIpc) is 3.10. The van der Waals surface area contributed by atoms with Crippen molar-refractivity contribution >= 4 is 11.6 Å². The summed E-state index contributed by atoms with van der Waals surface area (Å²) in [6, 6.07) is 14.1. The van der Waals surface area contributed by atoms with Gasteiger partial charge in [0.05, 0.1) is 16.8 Å². The van der Waals surface area contributed by atoms with Gasteiger partial charge in [-0.2, -0.15) is 5.10 Å². The molecule has 0 bridgehead atoms. The van der Waals surface area contributed by atoms with E-state index in [2.05, 4.69) is 5.10 Å². The van der Waals surface area contributed by atoms with Gasteiger partial charge in [-0.3, -0.25) is 14.9 Å². The molecule has 0 N–H and O–H groups in total. The molecule has 0 saturated carbocycles. The zero-order chi connectivity index (χ0) is 18.7. The number of hydrogen-bond donors (Lipinski definition) is 0. The highest BCUT2D eigenvalue weighted by Crippen LogP contribution is 2.20. The zero-order valence-electron chi connectivity index (χ0n) is 14.5. The highest BCUT2D eigenvalue weighted by molar-refractivity contribution is 5.94. The summed E-state index contributed by atoms with van der Waals surface area (Å²) in [4.78, 5) is 24.6. The van der Waals surface area contributed by atoms with Crippen molar-refractivity contribution < 1.29 is 9.72 Å². The van der Waals surface area contributed by atoms with Crippen LogP contribution in [0.4, 0.5) is 5.69 Å². The largest absolute Gasteiger partial charge is 0.337 e. The number of hydrogen-bond acceptors (Lipinski definition) is 4. The molecule has 0 aliphatic rings. The third kappa shape index (κ3) is 3.61. The first-order valence-electron chi connectivity index (χ1n) is 8.05. The van der Waals surface area contributed by atoms with Crippen LogP contribution in [0.5, 0.6) is 0 Å². The number of aryl methyl sites for hydroxylation is 1. The highest BCUT2D eigenvalue weighted by Gasteiger charge is 2.17. The lowest BCUT2D eigenvalue weighted by atomic mass is 10.1. The monoisotopic (exact) mass is 350 g/mol. The van der Waals surface area contributed by atoms with Crippen molar-refractivity contribution in [1.29, 1.82) is 0 Å². The molecule has 0 unspecified atom stereocenters. The van der Waals surface area contributed by atoms with E-state index in [9.17, 15) is 14.9 Å². The highest BCUT2D eigenvalue weighted by atomic mass is 16.6. The van der Waals surface area contributed by atoms with Crippen molar-refractivity contribution in [3.63, 3.8) is 0 Å². The molecule has 1 aromatic heterocycles. The molecule has 0 radical (unpaired) electrons. The lowest BCUT2D eigenvalue weighted by Gasteiger charge is -2.16. The summed E-state index contributed by atoms with van der Waals surface area (Å²) in [7, 11) is 1.69. The van der Waals surface area contributed by atoms with Crippen LogP contribution in [-0.4, -0.2) is 32.6 Å². The number of nitro groups is 1. The Bertz CT molecular complexity index is 950. The fraction of sp³-hybridized carbons (Fsp3) is 0.158. The normalized spacial score (nSPS) is 10.5. The van der Waals surface area contributed by atoms with Gasteiger partial charge in [0.25, 0.3) is 11.6 Å². The van der Waals surface area contributed by atoms with Crippen LogP contribution in [0.1, 0.15) is 21.5 Å². The smallest absolute Gasteiger partial charge is 0.272 e. The SMILES string of the molecule is Cc1cc(C(=O)N(C)Cc2cnn(-c3ccccc3)c2)ccc1[N+](=O)[O-]. The van der Waals surface area contributed by atoms with E-state index < -0.39 is 4.92 Å². The second kappa shape index (κ2) is 7.18. The third-order valence-electron chi connectivity index (χ3n) is 4.06. The molecule has 3 aromatic rings. The van der Waals surface area contributed by atoms with Crippen LogP contribution in [0.25, 0.3) is 5.69 Å². The Morgan fingerprint density at radius 3 is 2.62 bits per heavy atom. The van der Waals surface area contributed by atoms with E-state index in [1.54, 1.807) is 35.8 Å². The first kappa shape index (κ1) is 17.3. The molecule has 7 heteroatoms. The van der Waals surface area contributed by atoms with E-state index in [-0.39, 0.29) is 11.6 Å². The minimum Gasteiger partial charge on any atom is -0.337 e. The summed E-state index contributed by atoms with van der Waals surface area (Å²) in [6.07, 6.45) is 3.60. The minimum absolute atomic E-state index is 0.00772. The standard InChI is InChI=1S/C19H18N4O3/c1-14-10-16(8-9-18(14)23(25)26)19(24)21(2)12-15-11-20-22(13-15)17-6-4-3-5-7-17/h3-11,13H,12H2,1-2H3. The van der Waals surface area contributed by atoms with E-state index in [0.717, 1.165) is 11.3 Å². The van der Waals surface area contributed by atoms with Gasteiger partial charge in [0.1, 0.15) is 0 Å². The van der Waals surface area contributed by atoms with Crippen molar-refractivity contribution in [3.05, 3.63) is 87.7 Å². The molecule has 1 heterocycles. The summed E-state index contributed by atoms with van der Waals surface area (Å²) in [6.45, 7) is 2.01. The van der Waals surface area contributed by atoms with Gasteiger partial charge in [-0.15, -0.1) is 0 Å². The first-order valence-corrected chi connectivity index (χ1v) is 8.05. The van der Waals surface area contributed by atoms with E-state index in [0.29, 0.717) is 17.7 Å². The number of benzene rings is 2. The molecule has 0 atom stereocenters. The number of aromatic nitrogens is 2. The molecular formula is C19H18N4O3. The van der Waals surface area contributed by atoms with Gasteiger partial charge in [-0.1, -0.05) is 18.2 Å². The van der Waals surface area contributed by atoms with Gasteiger partial charge in [0.2, 0.25) is 0 Å². The molecule has 0 saturated heterocycles. The Kier molecular flexibility index (Phi) is 4.79. The van der Waals surface area contributed by atoms with Crippen LogP contribution >= 0.6 is 0 Å². The maximum Gasteiger partial charge on any atom is 0.272 e. The predicted octanol–water partition coefficient (Wildman–Crippen LogP) is 3.36. The Labute approximate surface area is 150 Å². The summed E-state index contributed by atoms with van der Waals surface area (Å²) >= 11 is 0. The molecule has 1 amide bonds. The fourth-order valence-electron chi connectivity index (χ4n) is 2.72. The molecular weight excluding hydrogens is 332 g/mol. The van der Waals surface area contributed by atoms with Gasteiger partial charge in [-0.25, -0.2) is 4.68 Å². The third-order valence-corrected chi connectivity index (χ3v) is 4.06. The van der Waals surface area contributed by atoms with Crippen molar-refractivity contribution in [2.24, 2.45) is 0 Å². The van der Waals surface area contributed by atoms with Gasteiger partial charge in [0.15, 0.2) is 0 Å². The van der Waals surface area contributed by atoms with E-state index in [1.807, 2.05) is 36.5 Å². The van der Waals surface area contributed by atoms with Crippen LogP contribution in [0.3, 0.4) is 0 Å². The summed E-state index contributed by atoms with van der Waals surface area (Å²) < 4.78 is 1.75. The first-order chi connectivity index (χ1) is 12.5. The number of para-hydroxylation sites is 1. The number of carbonyl (C=O) groups is 1. The molecule has 0 spiro atoms. The fourth-order valence-corrected chi connectivity index (χ4v) is 2.72. The van der Waals surface area contributed by atoms with Gasteiger partial charge >= 0.3 is 0 Å². The molecule has 26 heavy (non-hydrogen) atoms. The average molecular weight is 350 g/mol. The van der Waals surface area contributed by atoms with Crippen molar-refractivity contribution in [2.45, 2.75) is 13.5 Å². The lowest BCUT2D eigenvalue weighted by Crippen LogP contribution is -2.26. The van der Waals surface area contributed by atoms with E-state index in [1.165, 1.54) is 12.1 Å². The molecule has 0 fully saturated rings. The topological polar surface area (TPSA) is 81.3 Å². The molecule has 7 nitrogen and oxygen atoms in total. The van der Waals surface area contributed by atoms with E-state index in [4.69, 9.17) is 0 Å². The number of rotatable bonds is 5. The lowest BCUT2D eigenvalue weighted by molar-refractivity contribution is -0.385. The van der Waals surface area contributed by atoms with Crippen LogP contribution in [0, 0.1) is 17.0 Å². The Balaban J connectivity index is 1.73. The number of amides is 1. The quantitative estimate of drug-likeness (QED) is 0.522. The summed E-state index contributed by atoms with van der Waals surface area (Å²) in [5.41, 5.74) is 2.73. The van der Waals surface area contributed by atoms with Crippen molar-refractivity contribution in [1.82, 2.24) is 14.7 Å². The zero-order valence-corrected chi connectivity index (χ0v) is 14.5. The number of nitrogens with zero attached hydrogens (tertiary/aromatic N) is 4. The number of carbonyl (C=O) groups excluding carboxylic acids is 1. The summed E-state index contributed by atoms with van der Waals surface area (Å²) in [5, 5.41) is 15.2. The van der Waals surface area contributed by atoms with Crippen molar-refractivity contribution in [3.8, 4) is 5.69 Å². The Morgan fingerprint density at radius 1 is 1.23 bits per heavy atom. The van der Waals surface area contributed by atoms with Crippen LogP contribution in [0.15, 0.2) is 60.9 Å².